The SMILES string of the molecule is N#CC1=C(n2cccc2)OC2=C(C(=O)CCC2)[C@H]1c1ccco1. The number of nitrogens with zero attached hydrogens (tertiary/aromatic N) is 2. The number of aromatic nitrogens is 1. The number of nitriles is 1. The Kier molecular flexibility index (Phi) is 3.16. The number of hydrogen-bond acceptors (Lipinski definition) is 4. The smallest absolute Gasteiger partial charge is 0.218 e. The Balaban J connectivity index is 1.94. The van der Waals surface area contributed by atoms with E-state index >= 15 is 0 Å². The van der Waals surface area contributed by atoms with E-state index in [0.717, 1.165) is 6.42 Å². The largest absolute Gasteiger partial charge is 0.468 e. The Hall–Kier alpha value is -3.00. The Morgan fingerprint density at radius 2 is 2.04 bits per heavy atom. The van der Waals surface area contributed by atoms with Crippen molar-refractivity contribution in [2.45, 2.75) is 25.2 Å². The van der Waals surface area contributed by atoms with E-state index in [1.54, 1.807) is 23.0 Å². The van der Waals surface area contributed by atoms with Crippen LogP contribution in [0.5, 0.6) is 0 Å². The van der Waals surface area contributed by atoms with E-state index in [-0.39, 0.29) is 5.78 Å². The maximum absolute atomic E-state index is 12.5. The quantitative estimate of drug-likeness (QED) is 0.850. The number of carbonyl (C=O) groups excluding carboxylic acids is 1. The lowest BCUT2D eigenvalue weighted by Crippen LogP contribution is -2.25. The highest BCUT2D eigenvalue weighted by molar-refractivity contribution is 5.99. The van der Waals surface area contributed by atoms with Crippen LogP contribution in [0.15, 0.2) is 64.2 Å². The van der Waals surface area contributed by atoms with Crippen LogP contribution >= 0.6 is 0 Å². The molecule has 23 heavy (non-hydrogen) atoms. The Bertz CT molecular complexity index is 849. The van der Waals surface area contributed by atoms with Crippen LogP contribution in [0.25, 0.3) is 5.88 Å². The minimum absolute atomic E-state index is 0.0342. The first-order valence-electron chi connectivity index (χ1n) is 7.54. The van der Waals surface area contributed by atoms with E-state index < -0.39 is 5.92 Å². The summed E-state index contributed by atoms with van der Waals surface area (Å²) in [4.78, 5) is 12.5. The van der Waals surface area contributed by atoms with Crippen LogP contribution in [0.3, 0.4) is 0 Å². The number of carbonyl (C=O) groups is 1. The topological polar surface area (TPSA) is 68.2 Å². The third kappa shape index (κ3) is 2.11. The summed E-state index contributed by atoms with van der Waals surface area (Å²) in [6.07, 6.45) is 7.15. The van der Waals surface area contributed by atoms with Crippen molar-refractivity contribution in [1.82, 2.24) is 4.57 Å². The minimum atomic E-state index is -0.496. The molecule has 0 saturated heterocycles. The lowest BCUT2D eigenvalue weighted by molar-refractivity contribution is -0.116. The van der Waals surface area contributed by atoms with Gasteiger partial charge in [-0.25, -0.2) is 0 Å². The lowest BCUT2D eigenvalue weighted by atomic mass is 9.80. The molecule has 5 heteroatoms. The predicted molar refractivity (Wildman–Crippen MR) is 81.7 cm³/mol. The van der Waals surface area contributed by atoms with Crippen LogP contribution in [0.4, 0.5) is 0 Å². The van der Waals surface area contributed by atoms with Gasteiger partial charge in [0.05, 0.1) is 12.2 Å². The molecule has 0 fully saturated rings. The van der Waals surface area contributed by atoms with E-state index in [2.05, 4.69) is 6.07 Å². The number of ketones is 1. The molecule has 2 aliphatic rings. The first kappa shape index (κ1) is 13.6. The molecule has 114 valence electrons. The number of Topliss-reactive ketones (excluding diaryl/α,β-unsaturated/α-hetero) is 1. The second kappa shape index (κ2) is 5.33. The zero-order valence-electron chi connectivity index (χ0n) is 12.4. The van der Waals surface area contributed by atoms with Gasteiger partial charge in [-0.3, -0.25) is 9.36 Å². The van der Waals surface area contributed by atoms with Gasteiger partial charge in [0.25, 0.3) is 0 Å². The molecule has 1 aliphatic carbocycles. The van der Waals surface area contributed by atoms with Gasteiger partial charge >= 0.3 is 0 Å². The average Bonchev–Trinajstić information content (AvgIpc) is 3.27. The zero-order chi connectivity index (χ0) is 15.8. The fourth-order valence-electron chi connectivity index (χ4n) is 3.22. The molecule has 3 heterocycles. The van der Waals surface area contributed by atoms with Crippen molar-refractivity contribution in [2.75, 3.05) is 0 Å². The summed E-state index contributed by atoms with van der Waals surface area (Å²) in [6.45, 7) is 0. The summed E-state index contributed by atoms with van der Waals surface area (Å²) < 4.78 is 13.3. The van der Waals surface area contributed by atoms with Crippen molar-refractivity contribution in [3.8, 4) is 6.07 Å². The number of rotatable bonds is 2. The van der Waals surface area contributed by atoms with Gasteiger partial charge in [0, 0.05) is 30.8 Å². The van der Waals surface area contributed by atoms with Gasteiger partial charge in [0.15, 0.2) is 5.78 Å². The van der Waals surface area contributed by atoms with Crippen LogP contribution in [-0.4, -0.2) is 10.4 Å². The Labute approximate surface area is 133 Å². The summed E-state index contributed by atoms with van der Waals surface area (Å²) in [5.74, 6) is 1.24. The van der Waals surface area contributed by atoms with Gasteiger partial charge < -0.3 is 9.15 Å². The van der Waals surface area contributed by atoms with Gasteiger partial charge in [-0.15, -0.1) is 0 Å². The highest BCUT2D eigenvalue weighted by Gasteiger charge is 2.40. The summed E-state index contributed by atoms with van der Waals surface area (Å²) in [5, 5.41) is 9.73. The molecule has 0 radical (unpaired) electrons. The summed E-state index contributed by atoms with van der Waals surface area (Å²) in [6, 6.07) is 9.52. The second-order valence-corrected chi connectivity index (χ2v) is 5.59. The van der Waals surface area contributed by atoms with Gasteiger partial charge in [-0.05, 0) is 30.7 Å². The average molecular weight is 306 g/mol. The standard InChI is InChI=1S/C18H14N2O3/c19-11-12-16(14-7-4-10-22-14)17-13(21)5-3-6-15(17)23-18(12)20-8-1-2-9-20/h1-2,4,7-10,16H,3,5-6H2/t16-/m1/s1. The van der Waals surface area contributed by atoms with Crippen molar-refractivity contribution in [3.05, 3.63) is 65.6 Å². The van der Waals surface area contributed by atoms with Gasteiger partial charge in [0.1, 0.15) is 23.2 Å². The van der Waals surface area contributed by atoms with Crippen LogP contribution in [-0.2, 0) is 9.53 Å². The van der Waals surface area contributed by atoms with Crippen molar-refractivity contribution >= 4 is 11.7 Å². The van der Waals surface area contributed by atoms with E-state index in [1.165, 1.54) is 0 Å². The summed E-state index contributed by atoms with van der Waals surface area (Å²) in [7, 11) is 0. The Morgan fingerprint density at radius 1 is 1.22 bits per heavy atom. The van der Waals surface area contributed by atoms with Crippen molar-refractivity contribution in [3.63, 3.8) is 0 Å². The van der Waals surface area contributed by atoms with Gasteiger partial charge in [0.2, 0.25) is 5.88 Å². The van der Waals surface area contributed by atoms with E-state index in [0.29, 0.717) is 41.4 Å². The highest BCUT2D eigenvalue weighted by Crippen LogP contribution is 2.45. The normalized spacial score (nSPS) is 21.0. The van der Waals surface area contributed by atoms with Crippen LogP contribution < -0.4 is 0 Å². The first-order valence-corrected chi connectivity index (χ1v) is 7.54. The number of furan rings is 1. The fourth-order valence-corrected chi connectivity index (χ4v) is 3.22. The Morgan fingerprint density at radius 3 is 2.74 bits per heavy atom. The maximum atomic E-state index is 12.5. The van der Waals surface area contributed by atoms with E-state index in [9.17, 15) is 10.1 Å². The molecule has 2 aromatic rings. The molecular formula is C18H14N2O3. The molecule has 5 nitrogen and oxygen atoms in total. The predicted octanol–water partition coefficient (Wildman–Crippen LogP) is 3.59. The zero-order valence-corrected chi connectivity index (χ0v) is 12.4. The van der Waals surface area contributed by atoms with Crippen LogP contribution in [0.1, 0.15) is 30.9 Å². The molecule has 0 unspecified atom stereocenters. The maximum Gasteiger partial charge on any atom is 0.218 e. The molecule has 4 rings (SSSR count). The molecule has 0 N–H and O–H groups in total. The molecule has 2 aromatic heterocycles. The molecule has 0 spiro atoms. The third-order valence-electron chi connectivity index (χ3n) is 4.22. The van der Waals surface area contributed by atoms with Gasteiger partial charge in [-0.1, -0.05) is 0 Å². The molecule has 0 bridgehead atoms. The molecule has 1 aliphatic heterocycles. The lowest BCUT2D eigenvalue weighted by Gasteiger charge is -2.31. The van der Waals surface area contributed by atoms with E-state index in [4.69, 9.17) is 9.15 Å². The molecular weight excluding hydrogens is 292 g/mol. The van der Waals surface area contributed by atoms with Crippen LogP contribution in [0.2, 0.25) is 0 Å². The summed E-state index contributed by atoms with van der Waals surface area (Å²) >= 11 is 0. The third-order valence-corrected chi connectivity index (χ3v) is 4.22. The molecule has 0 saturated carbocycles. The van der Waals surface area contributed by atoms with Crippen molar-refractivity contribution in [1.29, 1.82) is 5.26 Å². The number of hydrogen-bond donors (Lipinski definition) is 0. The summed E-state index contributed by atoms with van der Waals surface area (Å²) in [5.41, 5.74) is 0.962. The number of allylic oxidation sites excluding steroid dienone is 3. The van der Waals surface area contributed by atoms with E-state index in [1.807, 2.05) is 24.5 Å². The highest BCUT2D eigenvalue weighted by atomic mass is 16.5. The second-order valence-electron chi connectivity index (χ2n) is 5.59. The van der Waals surface area contributed by atoms with Gasteiger partial charge in [-0.2, -0.15) is 5.26 Å². The van der Waals surface area contributed by atoms with Crippen LogP contribution in [0, 0.1) is 11.3 Å². The molecule has 0 aromatic carbocycles. The van der Waals surface area contributed by atoms with Crippen molar-refractivity contribution in [2.24, 2.45) is 0 Å². The molecule has 0 amide bonds. The minimum Gasteiger partial charge on any atom is -0.468 e. The van der Waals surface area contributed by atoms with Crippen molar-refractivity contribution < 1.29 is 13.9 Å². The fraction of sp³-hybridized carbons (Fsp3) is 0.222. The molecule has 1 atom stereocenters. The first-order chi connectivity index (χ1) is 11.3. The monoisotopic (exact) mass is 306 g/mol. The number of ether oxygens (including phenoxy) is 1.